The average molecular weight is 153 g/mol. The Bertz CT molecular complexity index is 230. The molecule has 0 aliphatic carbocycles. The summed E-state index contributed by atoms with van der Waals surface area (Å²) in [4.78, 5) is 4.03. The molecular weight excluding hydrogens is 140 g/mol. The molecule has 0 aliphatic rings. The van der Waals surface area contributed by atoms with Crippen LogP contribution in [0.5, 0.6) is 0 Å². The lowest BCUT2D eigenvalue weighted by Crippen LogP contribution is -2.01. The summed E-state index contributed by atoms with van der Waals surface area (Å²) in [6.45, 7) is 5.01. The topological polar surface area (TPSA) is 38.0 Å². The maximum atomic E-state index is 8.58. The zero-order chi connectivity index (χ0) is 8.27. The molecule has 11 heavy (non-hydrogen) atoms. The second kappa shape index (κ2) is 3.53. The van der Waals surface area contributed by atoms with Gasteiger partial charge in [-0.3, -0.25) is 0 Å². The maximum absolute atomic E-state index is 8.58. The van der Waals surface area contributed by atoms with E-state index in [1.165, 1.54) is 0 Å². The molecule has 0 aliphatic heterocycles. The summed E-state index contributed by atoms with van der Waals surface area (Å²) in [5, 5.41) is 8.58. The molecule has 1 rings (SSSR count). The molecule has 1 aromatic heterocycles. The van der Waals surface area contributed by atoms with Gasteiger partial charge in [-0.05, 0) is 20.3 Å². The fraction of sp³-hybridized carbons (Fsp3) is 0.625. The molecule has 3 heteroatoms. The van der Waals surface area contributed by atoms with Crippen LogP contribution in [0.4, 0.5) is 0 Å². The summed E-state index contributed by atoms with van der Waals surface area (Å²) in [6, 6.07) is 0. The van der Waals surface area contributed by atoms with Gasteiger partial charge in [-0.15, -0.1) is 0 Å². The normalized spacial score (nSPS) is 10.5. The predicted molar refractivity (Wildman–Crippen MR) is 42.2 cm³/mol. The Kier molecular flexibility index (Phi) is 2.65. The molecule has 0 bridgehead atoms. The summed E-state index contributed by atoms with van der Waals surface area (Å²) in [5.74, 6) is 0. The van der Waals surface area contributed by atoms with Gasteiger partial charge in [0.15, 0.2) is 6.33 Å². The molecule has 0 amide bonds. The van der Waals surface area contributed by atoms with E-state index in [1.807, 2.05) is 18.4 Å². The Morgan fingerprint density at radius 1 is 1.55 bits per heavy atom. The van der Waals surface area contributed by atoms with Gasteiger partial charge in [-0.25, -0.2) is 4.98 Å². The van der Waals surface area contributed by atoms with Crippen molar-refractivity contribution in [3.8, 4) is 0 Å². The highest BCUT2D eigenvalue weighted by Crippen LogP contribution is 2.03. The van der Waals surface area contributed by atoms with E-state index in [0.717, 1.165) is 24.4 Å². The monoisotopic (exact) mass is 153 g/mol. The fourth-order valence-corrected chi connectivity index (χ4v) is 0.933. The predicted octanol–water partition coefficient (Wildman–Crippen LogP) is 0.683. The molecule has 1 aromatic rings. The SMILES string of the molecule is Cc1n[c]n(CCCO)c1C. The molecule has 0 atom stereocenters. The van der Waals surface area contributed by atoms with Gasteiger partial charge in [0, 0.05) is 18.8 Å². The third-order valence-electron chi connectivity index (χ3n) is 1.81. The second-order valence-electron chi connectivity index (χ2n) is 2.61. The van der Waals surface area contributed by atoms with Gasteiger partial charge in [-0.2, -0.15) is 0 Å². The van der Waals surface area contributed by atoms with Crippen molar-refractivity contribution >= 4 is 0 Å². The molecule has 0 unspecified atom stereocenters. The Morgan fingerprint density at radius 2 is 2.27 bits per heavy atom. The smallest absolute Gasteiger partial charge is 0.176 e. The van der Waals surface area contributed by atoms with Crippen LogP contribution in [0.25, 0.3) is 0 Å². The number of aromatic nitrogens is 2. The summed E-state index contributed by atoms with van der Waals surface area (Å²) in [6.07, 6.45) is 3.64. The van der Waals surface area contributed by atoms with Crippen LogP contribution in [0.1, 0.15) is 17.8 Å². The van der Waals surface area contributed by atoms with Crippen LogP contribution >= 0.6 is 0 Å². The number of hydrogen-bond acceptors (Lipinski definition) is 2. The van der Waals surface area contributed by atoms with Crippen molar-refractivity contribution in [2.24, 2.45) is 0 Å². The minimum absolute atomic E-state index is 0.227. The minimum atomic E-state index is 0.227. The van der Waals surface area contributed by atoms with Crippen LogP contribution in [0.2, 0.25) is 0 Å². The first-order chi connectivity index (χ1) is 5.25. The highest BCUT2D eigenvalue weighted by Gasteiger charge is 2.00. The van der Waals surface area contributed by atoms with Crippen molar-refractivity contribution in [2.45, 2.75) is 26.8 Å². The minimum Gasteiger partial charge on any atom is -0.396 e. The van der Waals surface area contributed by atoms with Gasteiger partial charge in [0.2, 0.25) is 0 Å². The quantitative estimate of drug-likeness (QED) is 0.693. The van der Waals surface area contributed by atoms with E-state index < -0.39 is 0 Å². The molecule has 0 aromatic carbocycles. The molecule has 1 radical (unpaired) electrons. The molecule has 0 fully saturated rings. The van der Waals surface area contributed by atoms with Crippen LogP contribution < -0.4 is 0 Å². The van der Waals surface area contributed by atoms with Gasteiger partial charge in [0.05, 0.1) is 5.69 Å². The Morgan fingerprint density at radius 3 is 2.73 bits per heavy atom. The van der Waals surface area contributed by atoms with Gasteiger partial charge in [-0.1, -0.05) is 0 Å². The van der Waals surface area contributed by atoms with Crippen molar-refractivity contribution < 1.29 is 5.11 Å². The fourth-order valence-electron chi connectivity index (χ4n) is 0.933. The number of aliphatic hydroxyl groups is 1. The lowest BCUT2D eigenvalue weighted by molar-refractivity contribution is 0.279. The molecule has 0 saturated heterocycles. The van der Waals surface area contributed by atoms with Crippen LogP contribution in [-0.4, -0.2) is 21.3 Å². The molecule has 1 N–H and O–H groups in total. The van der Waals surface area contributed by atoms with E-state index in [0.29, 0.717) is 0 Å². The zero-order valence-corrected chi connectivity index (χ0v) is 6.96. The number of nitrogens with zero attached hydrogens (tertiary/aromatic N) is 2. The van der Waals surface area contributed by atoms with Crippen molar-refractivity contribution in [1.82, 2.24) is 9.55 Å². The van der Waals surface area contributed by atoms with Crippen LogP contribution in [-0.2, 0) is 6.54 Å². The van der Waals surface area contributed by atoms with Crippen molar-refractivity contribution in [3.63, 3.8) is 0 Å². The average Bonchev–Trinajstić information content (AvgIpc) is 2.31. The first kappa shape index (κ1) is 8.27. The Labute approximate surface area is 66.7 Å². The molecule has 1 heterocycles. The number of hydrogen-bond donors (Lipinski definition) is 1. The van der Waals surface area contributed by atoms with E-state index >= 15 is 0 Å². The first-order valence-corrected chi connectivity index (χ1v) is 3.78. The first-order valence-electron chi connectivity index (χ1n) is 3.78. The van der Waals surface area contributed by atoms with E-state index in [2.05, 4.69) is 11.3 Å². The highest BCUT2D eigenvalue weighted by atomic mass is 16.3. The van der Waals surface area contributed by atoms with Crippen molar-refractivity contribution in [2.75, 3.05) is 6.61 Å². The molecule has 3 nitrogen and oxygen atoms in total. The van der Waals surface area contributed by atoms with E-state index in [-0.39, 0.29) is 6.61 Å². The lowest BCUT2D eigenvalue weighted by atomic mass is 10.3. The van der Waals surface area contributed by atoms with Gasteiger partial charge in [0.1, 0.15) is 0 Å². The van der Waals surface area contributed by atoms with E-state index in [9.17, 15) is 0 Å². The summed E-state index contributed by atoms with van der Waals surface area (Å²) >= 11 is 0. The summed E-state index contributed by atoms with van der Waals surface area (Å²) in [5.41, 5.74) is 2.15. The second-order valence-corrected chi connectivity index (χ2v) is 2.61. The van der Waals surface area contributed by atoms with E-state index in [1.54, 1.807) is 0 Å². The maximum Gasteiger partial charge on any atom is 0.176 e. The van der Waals surface area contributed by atoms with Crippen molar-refractivity contribution in [1.29, 1.82) is 0 Å². The molecule has 61 valence electrons. The van der Waals surface area contributed by atoms with Gasteiger partial charge < -0.3 is 9.67 Å². The number of rotatable bonds is 3. The van der Waals surface area contributed by atoms with Gasteiger partial charge in [0.25, 0.3) is 0 Å². The van der Waals surface area contributed by atoms with E-state index in [4.69, 9.17) is 5.11 Å². The molecular formula is C8H13N2O. The summed E-state index contributed by atoms with van der Waals surface area (Å²) in [7, 11) is 0. The highest BCUT2D eigenvalue weighted by molar-refractivity contribution is 5.07. The number of aryl methyl sites for hydroxylation is 2. The Hall–Kier alpha value is -0.830. The lowest BCUT2D eigenvalue weighted by Gasteiger charge is -2.01. The van der Waals surface area contributed by atoms with Crippen molar-refractivity contribution in [3.05, 3.63) is 17.7 Å². The number of aliphatic hydroxyl groups excluding tert-OH is 1. The largest absolute Gasteiger partial charge is 0.396 e. The number of imidazole rings is 1. The van der Waals surface area contributed by atoms with Crippen LogP contribution in [0, 0.1) is 20.2 Å². The third-order valence-corrected chi connectivity index (χ3v) is 1.81. The summed E-state index contributed by atoms with van der Waals surface area (Å²) < 4.78 is 1.94. The third kappa shape index (κ3) is 1.80. The molecule has 0 saturated carbocycles. The molecule has 0 spiro atoms. The van der Waals surface area contributed by atoms with Crippen LogP contribution in [0.3, 0.4) is 0 Å². The van der Waals surface area contributed by atoms with Gasteiger partial charge >= 0.3 is 0 Å². The Balaban J connectivity index is 2.63. The standard InChI is InChI=1S/C8H13N2O/c1-7-8(2)10(6-9-7)4-3-5-11/h11H,3-5H2,1-2H3. The zero-order valence-electron chi connectivity index (χ0n) is 6.96. The van der Waals surface area contributed by atoms with Crippen LogP contribution in [0.15, 0.2) is 0 Å².